The molecule has 140 valence electrons. The maximum atomic E-state index is 12.8. The molecule has 5 nitrogen and oxygen atoms in total. The van der Waals surface area contributed by atoms with Gasteiger partial charge in [0.25, 0.3) is 0 Å². The van der Waals surface area contributed by atoms with Gasteiger partial charge in [0.1, 0.15) is 5.60 Å². The van der Waals surface area contributed by atoms with Crippen LogP contribution in [-0.2, 0) is 16.6 Å². The highest BCUT2D eigenvalue weighted by Gasteiger charge is 2.72. The predicted molar refractivity (Wildman–Crippen MR) is 96.8 cm³/mol. The van der Waals surface area contributed by atoms with Crippen molar-refractivity contribution >= 4 is 5.78 Å². The lowest BCUT2D eigenvalue weighted by molar-refractivity contribution is -0.185. The van der Waals surface area contributed by atoms with Crippen molar-refractivity contribution in [2.45, 2.75) is 75.2 Å². The van der Waals surface area contributed by atoms with E-state index in [9.17, 15) is 9.90 Å². The van der Waals surface area contributed by atoms with Gasteiger partial charge in [-0.25, -0.2) is 0 Å². The summed E-state index contributed by atoms with van der Waals surface area (Å²) < 4.78 is 12.5. The zero-order valence-corrected chi connectivity index (χ0v) is 16.0. The van der Waals surface area contributed by atoms with Crippen LogP contribution in [-0.4, -0.2) is 52.7 Å². The first-order valence-electron chi connectivity index (χ1n) is 9.65. The quantitative estimate of drug-likeness (QED) is 0.835. The van der Waals surface area contributed by atoms with Crippen LogP contribution in [0.25, 0.3) is 0 Å². The molecule has 5 rings (SSSR count). The van der Waals surface area contributed by atoms with Crippen molar-refractivity contribution < 1.29 is 19.4 Å². The molecule has 1 saturated heterocycles. The van der Waals surface area contributed by atoms with Crippen molar-refractivity contribution in [3.8, 4) is 11.5 Å². The summed E-state index contributed by atoms with van der Waals surface area (Å²) in [6, 6.07) is 4.11. The van der Waals surface area contributed by atoms with Gasteiger partial charge >= 0.3 is 0 Å². The lowest BCUT2D eigenvalue weighted by Crippen LogP contribution is -2.76. The van der Waals surface area contributed by atoms with Gasteiger partial charge in [-0.1, -0.05) is 6.07 Å². The van der Waals surface area contributed by atoms with E-state index in [1.54, 1.807) is 0 Å². The third kappa shape index (κ3) is 1.81. The first-order chi connectivity index (χ1) is 12.2. The van der Waals surface area contributed by atoms with Crippen LogP contribution in [0.5, 0.6) is 11.5 Å². The molecule has 2 bridgehead atoms. The number of benzene rings is 1. The van der Waals surface area contributed by atoms with Crippen molar-refractivity contribution in [2.75, 3.05) is 13.6 Å². The molecular formula is C21H27NO4. The van der Waals surface area contributed by atoms with E-state index < -0.39 is 17.1 Å². The largest absolute Gasteiger partial charge is 0.484 e. The van der Waals surface area contributed by atoms with Crippen LogP contribution in [0, 0.1) is 0 Å². The van der Waals surface area contributed by atoms with Crippen LogP contribution < -0.4 is 9.47 Å². The molecule has 4 atom stereocenters. The zero-order valence-electron chi connectivity index (χ0n) is 16.0. The Balaban J connectivity index is 1.77. The van der Waals surface area contributed by atoms with Crippen LogP contribution >= 0.6 is 0 Å². The van der Waals surface area contributed by atoms with Crippen LogP contribution in [0.4, 0.5) is 0 Å². The van der Waals surface area contributed by atoms with E-state index in [1.165, 1.54) is 5.56 Å². The van der Waals surface area contributed by atoms with Gasteiger partial charge in [0, 0.05) is 18.0 Å². The Hall–Kier alpha value is -1.59. The second kappa shape index (κ2) is 4.82. The summed E-state index contributed by atoms with van der Waals surface area (Å²) in [4.78, 5) is 15.1. The molecule has 2 aliphatic heterocycles. The maximum Gasteiger partial charge on any atom is 0.174 e. The molecule has 0 radical (unpaired) electrons. The van der Waals surface area contributed by atoms with Crippen LogP contribution in [0.2, 0.25) is 0 Å². The Kier molecular flexibility index (Phi) is 3.07. The molecule has 1 aromatic carbocycles. The summed E-state index contributed by atoms with van der Waals surface area (Å²) in [5.41, 5.74) is 0.338. The molecule has 26 heavy (non-hydrogen) atoms. The Bertz CT molecular complexity index is 813. The Labute approximate surface area is 154 Å². The van der Waals surface area contributed by atoms with E-state index >= 15 is 0 Å². The SMILES string of the molecule is CN1CC[C@]23c4c5ccc(OC(C)(C)C)c4O[C@H]2C(=O)CC[C@@]3(O)[C@H]1C5. The fraction of sp³-hybridized carbons (Fsp3) is 0.667. The molecule has 0 unspecified atom stereocenters. The number of rotatable bonds is 1. The molecule has 1 N–H and O–H groups in total. The zero-order chi connectivity index (χ0) is 18.5. The van der Waals surface area contributed by atoms with E-state index in [1.807, 2.05) is 26.8 Å². The van der Waals surface area contributed by atoms with Crippen molar-refractivity contribution in [1.82, 2.24) is 4.90 Å². The normalized spacial score (nSPS) is 38.0. The lowest BCUT2D eigenvalue weighted by atomic mass is 9.49. The second-order valence-corrected chi connectivity index (χ2v) is 9.45. The summed E-state index contributed by atoms with van der Waals surface area (Å²) in [7, 11) is 2.08. The number of nitrogens with zero attached hydrogens (tertiary/aromatic N) is 1. The maximum absolute atomic E-state index is 12.8. The van der Waals surface area contributed by atoms with Gasteiger partial charge in [-0.15, -0.1) is 0 Å². The van der Waals surface area contributed by atoms with E-state index in [4.69, 9.17) is 9.47 Å². The molecule has 1 spiro atoms. The summed E-state index contributed by atoms with van der Waals surface area (Å²) in [6.45, 7) is 6.88. The van der Waals surface area contributed by atoms with Crippen LogP contribution in [0.15, 0.2) is 12.1 Å². The van der Waals surface area contributed by atoms with Crippen LogP contribution in [0.1, 0.15) is 51.2 Å². The average molecular weight is 357 g/mol. The number of aliphatic hydroxyl groups is 1. The Morgan fingerprint density at radius 3 is 2.81 bits per heavy atom. The molecule has 0 aromatic heterocycles. The first-order valence-corrected chi connectivity index (χ1v) is 9.65. The highest BCUT2D eigenvalue weighted by atomic mass is 16.5. The van der Waals surface area contributed by atoms with Crippen molar-refractivity contribution in [1.29, 1.82) is 0 Å². The molecule has 1 saturated carbocycles. The summed E-state index contributed by atoms with van der Waals surface area (Å²) >= 11 is 0. The minimum Gasteiger partial charge on any atom is -0.484 e. The molecule has 1 aromatic rings. The summed E-state index contributed by atoms with van der Waals surface area (Å²) in [5, 5.41) is 11.9. The number of piperidine rings is 1. The van der Waals surface area contributed by atoms with Gasteiger partial charge in [0.2, 0.25) is 0 Å². The van der Waals surface area contributed by atoms with E-state index in [-0.39, 0.29) is 17.4 Å². The molecule has 0 amide bonds. The van der Waals surface area contributed by atoms with Gasteiger partial charge in [-0.05, 0) is 65.3 Å². The van der Waals surface area contributed by atoms with E-state index in [2.05, 4.69) is 18.0 Å². The van der Waals surface area contributed by atoms with Crippen molar-refractivity contribution in [3.05, 3.63) is 23.3 Å². The van der Waals surface area contributed by atoms with Gasteiger partial charge in [0.05, 0.1) is 11.0 Å². The third-order valence-corrected chi connectivity index (χ3v) is 6.93. The number of ketones is 1. The van der Waals surface area contributed by atoms with Gasteiger partial charge < -0.3 is 19.5 Å². The molecule has 5 heteroatoms. The number of carbonyl (C=O) groups excluding carboxylic acids is 1. The molecule has 2 fully saturated rings. The number of hydrogen-bond acceptors (Lipinski definition) is 5. The van der Waals surface area contributed by atoms with Crippen molar-refractivity contribution in [3.63, 3.8) is 0 Å². The minimum absolute atomic E-state index is 0.0308. The Morgan fingerprint density at radius 1 is 1.31 bits per heavy atom. The standard InChI is InChI=1S/C21H27NO4/c1-19(2,3)26-14-6-5-12-11-15-21(24)8-7-13(23)18-20(21,9-10-22(15)4)16(12)17(14)25-18/h5-6,15,18,24H,7-11H2,1-4H3/t15-,18+,20+,21-/m1/s1. The fourth-order valence-electron chi connectivity index (χ4n) is 5.93. The third-order valence-electron chi connectivity index (χ3n) is 6.93. The van der Waals surface area contributed by atoms with Gasteiger partial charge in [0.15, 0.2) is 23.4 Å². The van der Waals surface area contributed by atoms with E-state index in [0.29, 0.717) is 24.3 Å². The average Bonchev–Trinajstić information content (AvgIpc) is 2.90. The topological polar surface area (TPSA) is 59.0 Å². The van der Waals surface area contributed by atoms with Gasteiger partial charge in [-0.2, -0.15) is 0 Å². The molecule has 2 aliphatic carbocycles. The molecule has 2 heterocycles. The number of ether oxygens (including phenoxy) is 2. The summed E-state index contributed by atoms with van der Waals surface area (Å²) in [6.07, 6.45) is 1.84. The number of carbonyl (C=O) groups is 1. The van der Waals surface area contributed by atoms with Gasteiger partial charge in [-0.3, -0.25) is 4.79 Å². The molecular weight excluding hydrogens is 330 g/mol. The monoisotopic (exact) mass is 357 g/mol. The smallest absolute Gasteiger partial charge is 0.174 e. The second-order valence-electron chi connectivity index (χ2n) is 9.45. The minimum atomic E-state index is -0.919. The number of likely N-dealkylation sites (N-methyl/N-ethyl adjacent to an activating group) is 1. The highest BCUT2D eigenvalue weighted by Crippen LogP contribution is 2.64. The van der Waals surface area contributed by atoms with Crippen molar-refractivity contribution in [2.24, 2.45) is 0 Å². The number of likely N-dealkylation sites (tertiary alicyclic amines) is 1. The predicted octanol–water partition coefficient (Wildman–Crippen LogP) is 2.22. The Morgan fingerprint density at radius 2 is 2.08 bits per heavy atom. The fourth-order valence-corrected chi connectivity index (χ4v) is 5.93. The highest BCUT2D eigenvalue weighted by molar-refractivity contribution is 5.90. The lowest BCUT2D eigenvalue weighted by Gasteiger charge is -2.62. The number of Topliss-reactive ketones (excluding diaryl/α,β-unsaturated/α-hetero) is 1. The summed E-state index contributed by atoms with van der Waals surface area (Å²) in [5.74, 6) is 1.50. The first kappa shape index (κ1) is 16.6. The number of hydrogen-bond donors (Lipinski definition) is 1. The molecule has 4 aliphatic rings. The van der Waals surface area contributed by atoms with E-state index in [0.717, 1.165) is 24.9 Å². The van der Waals surface area contributed by atoms with Crippen LogP contribution in [0.3, 0.4) is 0 Å².